The van der Waals surface area contributed by atoms with Crippen LogP contribution in [0.2, 0.25) is 0 Å². The summed E-state index contributed by atoms with van der Waals surface area (Å²) in [6.07, 6.45) is 1.43. The van der Waals surface area contributed by atoms with Crippen molar-refractivity contribution in [2.24, 2.45) is 0 Å². The Kier molecular flexibility index (Phi) is 5.33. The predicted molar refractivity (Wildman–Crippen MR) is 93.3 cm³/mol. The van der Waals surface area contributed by atoms with Crippen molar-refractivity contribution in [1.29, 1.82) is 0 Å². The van der Waals surface area contributed by atoms with Crippen LogP contribution in [0.3, 0.4) is 0 Å². The minimum absolute atomic E-state index is 0.151. The molecule has 0 aliphatic carbocycles. The largest absolute Gasteiger partial charge is 0.497 e. The van der Waals surface area contributed by atoms with Crippen molar-refractivity contribution in [1.82, 2.24) is 4.90 Å². The van der Waals surface area contributed by atoms with Crippen LogP contribution in [-0.4, -0.2) is 36.5 Å². The van der Waals surface area contributed by atoms with E-state index in [1.54, 1.807) is 36.3 Å². The first kappa shape index (κ1) is 17.0. The van der Waals surface area contributed by atoms with Gasteiger partial charge in [-0.1, -0.05) is 30.3 Å². The van der Waals surface area contributed by atoms with E-state index in [9.17, 15) is 9.59 Å². The third kappa shape index (κ3) is 3.99. The molecule has 2 aromatic rings. The van der Waals surface area contributed by atoms with Crippen LogP contribution in [0.4, 0.5) is 0 Å². The Hall–Kier alpha value is -2.82. The van der Waals surface area contributed by atoms with Gasteiger partial charge < -0.3 is 14.4 Å². The number of esters is 1. The van der Waals surface area contributed by atoms with Crippen molar-refractivity contribution >= 4 is 11.9 Å². The van der Waals surface area contributed by atoms with Crippen molar-refractivity contribution < 1.29 is 19.1 Å². The van der Waals surface area contributed by atoms with Crippen LogP contribution in [0.15, 0.2) is 54.6 Å². The number of carbonyl (C=O) groups excluding carboxylic acids is 2. The number of nitrogens with zero attached hydrogens (tertiary/aromatic N) is 1. The van der Waals surface area contributed by atoms with Crippen LogP contribution in [-0.2, 0) is 16.1 Å². The molecule has 0 N–H and O–H groups in total. The summed E-state index contributed by atoms with van der Waals surface area (Å²) in [5, 5.41) is 0. The lowest BCUT2D eigenvalue weighted by Gasteiger charge is -2.23. The summed E-state index contributed by atoms with van der Waals surface area (Å²) in [6.45, 7) is 0.788. The summed E-state index contributed by atoms with van der Waals surface area (Å²) in [4.78, 5) is 26.7. The molecule has 0 spiro atoms. The Morgan fingerprint density at radius 2 is 1.80 bits per heavy atom. The molecule has 0 saturated carbocycles. The van der Waals surface area contributed by atoms with Crippen LogP contribution >= 0.6 is 0 Å². The zero-order valence-electron chi connectivity index (χ0n) is 14.2. The standard InChI is InChI=1S/C20H21NO4/c1-24-17-11-9-16(10-12-17)19(22)21-13-5-8-18(21)20(23)25-14-15-6-3-2-4-7-15/h2-4,6-7,9-12,18H,5,8,13-14H2,1H3/t18-/m0/s1. The Morgan fingerprint density at radius 1 is 1.08 bits per heavy atom. The smallest absolute Gasteiger partial charge is 0.329 e. The topological polar surface area (TPSA) is 55.8 Å². The second kappa shape index (κ2) is 7.83. The summed E-state index contributed by atoms with van der Waals surface area (Å²) in [5.74, 6) is 0.196. The first-order valence-corrected chi connectivity index (χ1v) is 8.34. The lowest BCUT2D eigenvalue weighted by molar-refractivity contribution is -0.149. The minimum Gasteiger partial charge on any atom is -0.497 e. The molecule has 0 unspecified atom stereocenters. The third-order valence-electron chi connectivity index (χ3n) is 4.35. The molecule has 0 bridgehead atoms. The van der Waals surface area contributed by atoms with Gasteiger partial charge in [-0.25, -0.2) is 4.79 Å². The van der Waals surface area contributed by atoms with Gasteiger partial charge in [-0.05, 0) is 42.7 Å². The van der Waals surface area contributed by atoms with Crippen molar-refractivity contribution in [2.75, 3.05) is 13.7 Å². The van der Waals surface area contributed by atoms with Crippen LogP contribution < -0.4 is 4.74 Å². The molecule has 1 amide bonds. The number of hydrogen-bond acceptors (Lipinski definition) is 4. The van der Waals surface area contributed by atoms with E-state index in [1.165, 1.54) is 0 Å². The number of ether oxygens (including phenoxy) is 2. The van der Waals surface area contributed by atoms with Gasteiger partial charge in [-0.15, -0.1) is 0 Å². The fourth-order valence-electron chi connectivity index (χ4n) is 2.98. The summed E-state index contributed by atoms with van der Waals surface area (Å²) in [5.41, 5.74) is 1.48. The molecule has 130 valence electrons. The molecule has 1 aliphatic rings. The molecule has 25 heavy (non-hydrogen) atoms. The number of amides is 1. The van der Waals surface area contributed by atoms with Crippen molar-refractivity contribution in [2.45, 2.75) is 25.5 Å². The molecule has 1 saturated heterocycles. The lowest BCUT2D eigenvalue weighted by atomic mass is 10.1. The average molecular weight is 339 g/mol. The summed E-state index contributed by atoms with van der Waals surface area (Å²) >= 11 is 0. The van der Waals surface area contributed by atoms with E-state index in [0.29, 0.717) is 24.3 Å². The van der Waals surface area contributed by atoms with Crippen molar-refractivity contribution in [3.8, 4) is 5.75 Å². The van der Waals surface area contributed by atoms with E-state index >= 15 is 0 Å². The number of carbonyl (C=O) groups is 2. The van der Waals surface area contributed by atoms with Crippen LogP contribution in [0.5, 0.6) is 5.75 Å². The number of likely N-dealkylation sites (tertiary alicyclic amines) is 1. The highest BCUT2D eigenvalue weighted by atomic mass is 16.5. The molecule has 0 aromatic heterocycles. The van der Waals surface area contributed by atoms with Gasteiger partial charge in [-0.3, -0.25) is 4.79 Å². The second-order valence-electron chi connectivity index (χ2n) is 5.98. The molecule has 3 rings (SSSR count). The molecule has 1 fully saturated rings. The maximum absolute atomic E-state index is 12.7. The van der Waals surface area contributed by atoms with Crippen molar-refractivity contribution in [3.05, 3.63) is 65.7 Å². The minimum atomic E-state index is -0.515. The number of methoxy groups -OCH3 is 1. The van der Waals surface area contributed by atoms with Crippen molar-refractivity contribution in [3.63, 3.8) is 0 Å². The molecule has 0 radical (unpaired) electrons. The molecule has 1 atom stereocenters. The van der Waals surface area contributed by atoms with Gasteiger partial charge >= 0.3 is 5.97 Å². The van der Waals surface area contributed by atoms with Gasteiger partial charge in [0.05, 0.1) is 7.11 Å². The molecule has 5 nitrogen and oxygen atoms in total. The van der Waals surface area contributed by atoms with E-state index in [4.69, 9.17) is 9.47 Å². The van der Waals surface area contributed by atoms with Crippen LogP contribution in [0, 0.1) is 0 Å². The van der Waals surface area contributed by atoms with Crippen LogP contribution in [0.25, 0.3) is 0 Å². The van der Waals surface area contributed by atoms with E-state index < -0.39 is 6.04 Å². The highest BCUT2D eigenvalue weighted by molar-refractivity contribution is 5.97. The van der Waals surface area contributed by atoms with E-state index in [1.807, 2.05) is 30.3 Å². The maximum atomic E-state index is 12.7. The molecule has 2 aromatic carbocycles. The number of rotatable bonds is 5. The first-order valence-electron chi connectivity index (χ1n) is 8.34. The third-order valence-corrected chi connectivity index (χ3v) is 4.35. The normalized spacial score (nSPS) is 16.5. The average Bonchev–Trinajstić information content (AvgIpc) is 3.16. The highest BCUT2D eigenvalue weighted by Crippen LogP contribution is 2.22. The highest BCUT2D eigenvalue weighted by Gasteiger charge is 2.35. The molecule has 5 heteroatoms. The Morgan fingerprint density at radius 3 is 2.48 bits per heavy atom. The molecule has 1 heterocycles. The Balaban J connectivity index is 1.64. The van der Waals surface area contributed by atoms with E-state index in [0.717, 1.165) is 12.0 Å². The zero-order chi connectivity index (χ0) is 17.6. The predicted octanol–water partition coefficient (Wildman–Crippen LogP) is 3.04. The summed E-state index contributed by atoms with van der Waals surface area (Å²) in [6, 6.07) is 15.9. The van der Waals surface area contributed by atoms with Crippen LogP contribution in [0.1, 0.15) is 28.8 Å². The van der Waals surface area contributed by atoms with Gasteiger partial charge in [0.15, 0.2) is 0 Å². The van der Waals surface area contributed by atoms with E-state index in [-0.39, 0.29) is 18.5 Å². The van der Waals surface area contributed by atoms with Gasteiger partial charge in [0.1, 0.15) is 18.4 Å². The molecule has 1 aliphatic heterocycles. The van der Waals surface area contributed by atoms with Gasteiger partial charge in [0, 0.05) is 12.1 Å². The van der Waals surface area contributed by atoms with Gasteiger partial charge in [-0.2, -0.15) is 0 Å². The molecular formula is C20H21NO4. The summed E-state index contributed by atoms with van der Waals surface area (Å²) < 4.78 is 10.5. The maximum Gasteiger partial charge on any atom is 0.329 e. The second-order valence-corrected chi connectivity index (χ2v) is 5.98. The van der Waals surface area contributed by atoms with Gasteiger partial charge in [0.2, 0.25) is 0 Å². The number of hydrogen-bond donors (Lipinski definition) is 0. The quantitative estimate of drug-likeness (QED) is 0.786. The summed E-state index contributed by atoms with van der Waals surface area (Å²) in [7, 11) is 1.58. The fourth-order valence-corrected chi connectivity index (χ4v) is 2.98. The lowest BCUT2D eigenvalue weighted by Crippen LogP contribution is -2.41. The fraction of sp³-hybridized carbons (Fsp3) is 0.300. The Labute approximate surface area is 147 Å². The zero-order valence-corrected chi connectivity index (χ0v) is 14.2. The first-order chi connectivity index (χ1) is 12.2. The SMILES string of the molecule is COc1ccc(C(=O)N2CCC[C@H]2C(=O)OCc2ccccc2)cc1. The Bertz CT molecular complexity index is 727. The van der Waals surface area contributed by atoms with Gasteiger partial charge in [0.25, 0.3) is 5.91 Å². The monoisotopic (exact) mass is 339 g/mol. The molecular weight excluding hydrogens is 318 g/mol. The number of benzene rings is 2. The van der Waals surface area contributed by atoms with E-state index in [2.05, 4.69) is 0 Å².